The number of rotatable bonds is 18. The van der Waals surface area contributed by atoms with Crippen LogP contribution in [0.15, 0.2) is 36.5 Å². The molecule has 368 valence electrons. The second-order valence-corrected chi connectivity index (χ2v) is 15.8. The Labute approximate surface area is 393 Å². The van der Waals surface area contributed by atoms with Gasteiger partial charge in [0.05, 0.1) is 6.54 Å². The van der Waals surface area contributed by atoms with Gasteiger partial charge in [-0.15, -0.1) is 0 Å². The summed E-state index contributed by atoms with van der Waals surface area (Å²) in [5.74, 6) is 0.687. The van der Waals surface area contributed by atoms with Crippen molar-refractivity contribution in [2.45, 2.75) is 173 Å². The van der Waals surface area contributed by atoms with E-state index in [1.807, 2.05) is 13.8 Å². The molecule has 2 amide bonds. The molecular weight excluding hydrogens is 837 g/mol. The molecule has 0 aliphatic rings. The highest BCUT2D eigenvalue weighted by molar-refractivity contribution is 5.76. The van der Waals surface area contributed by atoms with Gasteiger partial charge < -0.3 is 41.6 Å². The molecule has 4 bridgehead atoms. The minimum Gasteiger partial charge on any atom is -0.483 e. The Bertz CT molecular complexity index is 2190. The lowest BCUT2D eigenvalue weighted by atomic mass is 9.99. The molecule has 4 rings (SSSR count). The van der Waals surface area contributed by atoms with Crippen LogP contribution < -0.4 is 16.4 Å². The van der Waals surface area contributed by atoms with Crippen molar-refractivity contribution in [3.63, 3.8) is 0 Å². The molecule has 16 nitrogen and oxygen atoms in total. The number of carbonyl (C=O) groups excluding carboxylic acids is 2. The molecule has 0 aliphatic heterocycles. The maximum Gasteiger partial charge on any atom is 0.342 e. The second-order valence-electron chi connectivity index (χ2n) is 15.8. The Kier molecular flexibility index (Phi) is 31.4. The van der Waals surface area contributed by atoms with Gasteiger partial charge in [-0.2, -0.15) is 0 Å². The van der Waals surface area contributed by atoms with Gasteiger partial charge in [0, 0.05) is 64.2 Å². The highest BCUT2D eigenvalue weighted by atomic mass is 16.6. The third-order valence-corrected chi connectivity index (χ3v) is 10.2. The van der Waals surface area contributed by atoms with E-state index in [4.69, 9.17) is 25.6 Å². The molecule has 4 aromatic rings. The summed E-state index contributed by atoms with van der Waals surface area (Å²) in [6, 6.07) is 11.0. The number of hydrogen-bond acceptors (Lipinski definition) is 9. The standard InChI is InChI=1S/C37H56N6O.C7H10N4O3.C3H8.C2H6.CH2O2/c1-9-14-32-28(8)35-22-30(11-3)39-27(7)20-33-25(5)19-31(42-33)21-29(10-2)41-34(23-36(32)43-35)24(4)16-17-37(44)40-26(6)15-12-13-18-38;1-6-9-4-7(11(13)14)10(6)3-2-8-5-12;1-3-2;1-2;2-1-3/h19-24,26,42-43H,9-18,38H2,1-8H3,(H,40,44);4-5H,2-3H2,1H3,(H,8,12);3H2,1-2H3;1-2H3;1H,(H,2,3). The second kappa shape index (κ2) is 34.4. The van der Waals surface area contributed by atoms with Gasteiger partial charge >= 0.3 is 5.82 Å². The predicted molar refractivity (Wildman–Crippen MR) is 270 cm³/mol. The minimum atomic E-state index is -0.499. The molecule has 2 unspecified atom stereocenters. The van der Waals surface area contributed by atoms with E-state index in [0.717, 1.165) is 96.2 Å². The number of unbranched alkanes of at least 4 members (excludes halogenated alkanes) is 1. The molecule has 0 aliphatic carbocycles. The maximum atomic E-state index is 12.9. The van der Waals surface area contributed by atoms with E-state index >= 15 is 0 Å². The Hall–Kier alpha value is -5.90. The number of nitrogens with zero attached hydrogens (tertiary/aromatic N) is 5. The van der Waals surface area contributed by atoms with Gasteiger partial charge in [0.2, 0.25) is 12.3 Å². The zero-order valence-corrected chi connectivity index (χ0v) is 42.3. The van der Waals surface area contributed by atoms with E-state index in [1.165, 1.54) is 33.9 Å². The summed E-state index contributed by atoms with van der Waals surface area (Å²) >= 11 is 0. The third kappa shape index (κ3) is 21.9. The van der Waals surface area contributed by atoms with Crippen LogP contribution in [0.2, 0.25) is 0 Å². The summed E-state index contributed by atoms with van der Waals surface area (Å²) in [6.07, 6.45) is 10.8. The van der Waals surface area contributed by atoms with Crippen LogP contribution in [0.4, 0.5) is 5.82 Å². The quantitative estimate of drug-likeness (QED) is 0.0239. The molecule has 4 heterocycles. The lowest BCUT2D eigenvalue weighted by Gasteiger charge is -2.15. The van der Waals surface area contributed by atoms with Crippen molar-refractivity contribution < 1.29 is 24.4 Å². The van der Waals surface area contributed by atoms with Crippen molar-refractivity contribution >= 4 is 46.7 Å². The van der Waals surface area contributed by atoms with E-state index < -0.39 is 4.92 Å². The van der Waals surface area contributed by atoms with Gasteiger partial charge in [0.1, 0.15) is 12.7 Å². The number of hydrogen-bond donors (Lipinski definition) is 6. The van der Waals surface area contributed by atoms with E-state index in [-0.39, 0.29) is 30.2 Å². The van der Waals surface area contributed by atoms with Crippen LogP contribution in [-0.4, -0.2) is 77.4 Å². The maximum absolute atomic E-state index is 12.9. The number of carboxylic acid groups (broad SMARTS) is 1. The van der Waals surface area contributed by atoms with Gasteiger partial charge in [0.25, 0.3) is 6.47 Å². The number of aryl methyl sites for hydroxylation is 7. The van der Waals surface area contributed by atoms with Gasteiger partial charge in [-0.05, 0) is 131 Å². The largest absolute Gasteiger partial charge is 0.483 e. The molecule has 0 radical (unpaired) electrons. The highest BCUT2D eigenvalue weighted by Crippen LogP contribution is 2.26. The Balaban J connectivity index is 0.00000159. The van der Waals surface area contributed by atoms with Crippen LogP contribution in [-0.2, 0) is 40.2 Å². The molecule has 0 saturated heterocycles. The first-order valence-corrected chi connectivity index (χ1v) is 23.6. The molecule has 66 heavy (non-hydrogen) atoms. The summed E-state index contributed by atoms with van der Waals surface area (Å²) in [5.41, 5.74) is 17.7. The lowest BCUT2D eigenvalue weighted by molar-refractivity contribution is -0.392. The topological polar surface area (TPSA) is 240 Å². The summed E-state index contributed by atoms with van der Waals surface area (Å²) in [4.78, 5) is 62.6. The van der Waals surface area contributed by atoms with Crippen LogP contribution >= 0.6 is 0 Å². The Morgan fingerprint density at radius 2 is 1.55 bits per heavy atom. The molecule has 0 aromatic carbocycles. The number of nitrogens with two attached hydrogens (primary N) is 1. The van der Waals surface area contributed by atoms with E-state index in [2.05, 4.69) is 125 Å². The van der Waals surface area contributed by atoms with Gasteiger partial charge in [-0.3, -0.25) is 24.4 Å². The Morgan fingerprint density at radius 3 is 2.12 bits per heavy atom. The van der Waals surface area contributed by atoms with Crippen LogP contribution in [0.25, 0.3) is 22.1 Å². The van der Waals surface area contributed by atoms with Crippen molar-refractivity contribution in [2.75, 3.05) is 13.1 Å². The number of aromatic amines is 2. The fraction of sp³-hybridized carbons (Fsp3) is 0.560. The van der Waals surface area contributed by atoms with Gasteiger partial charge in [0.15, 0.2) is 5.82 Å². The molecule has 2 atom stereocenters. The van der Waals surface area contributed by atoms with Crippen molar-refractivity contribution in [3.05, 3.63) is 91.9 Å². The first kappa shape index (κ1) is 60.1. The number of fused-ring (bicyclic) bond motifs is 4. The van der Waals surface area contributed by atoms with Crippen molar-refractivity contribution in [1.82, 2.24) is 40.1 Å². The third-order valence-electron chi connectivity index (χ3n) is 10.2. The molecule has 0 saturated carbocycles. The average molecular weight is 919 g/mol. The monoisotopic (exact) mass is 919 g/mol. The first-order valence-electron chi connectivity index (χ1n) is 23.6. The number of amides is 2. The van der Waals surface area contributed by atoms with Crippen LogP contribution in [0.1, 0.15) is 158 Å². The van der Waals surface area contributed by atoms with Gasteiger partial charge in [-0.1, -0.05) is 74.7 Å². The number of nitrogens with one attached hydrogen (secondary N) is 4. The predicted octanol–water partition coefficient (Wildman–Crippen LogP) is 10.2. The van der Waals surface area contributed by atoms with Crippen molar-refractivity contribution in [3.8, 4) is 0 Å². The SMILES string of the molecule is CC.CCC.CCCc1c(C)c2cc(CC)nc(C)cc3[nH]c(cc(CC)nc(C(C)CCC(=O)NC(C)CCCCN)cc1[nH]2)cc3C.Cc1ncc([N+](=O)[O-])n1CCNC=O.O=CO. The number of H-pyrrole nitrogens is 2. The van der Waals surface area contributed by atoms with Gasteiger partial charge in [-0.25, -0.2) is 9.55 Å². The average Bonchev–Trinajstić information content (AvgIpc) is 3.92. The highest BCUT2D eigenvalue weighted by Gasteiger charge is 2.17. The zero-order valence-electron chi connectivity index (χ0n) is 42.3. The van der Waals surface area contributed by atoms with Crippen LogP contribution in [0, 0.1) is 37.8 Å². The van der Waals surface area contributed by atoms with Crippen molar-refractivity contribution in [2.24, 2.45) is 5.73 Å². The van der Waals surface area contributed by atoms with E-state index in [0.29, 0.717) is 38.3 Å². The van der Waals surface area contributed by atoms with Crippen molar-refractivity contribution in [1.29, 1.82) is 0 Å². The molecule has 0 spiro atoms. The summed E-state index contributed by atoms with van der Waals surface area (Å²) in [5, 5.41) is 23.0. The smallest absolute Gasteiger partial charge is 0.342 e. The molecule has 0 fully saturated rings. The number of imidazole rings is 1. The molecule has 7 N–H and O–H groups in total. The van der Waals surface area contributed by atoms with Crippen LogP contribution in [0.5, 0.6) is 0 Å². The number of nitro groups is 1. The zero-order chi connectivity index (χ0) is 50.2. The molecular formula is C50H82N10O6. The summed E-state index contributed by atoms with van der Waals surface area (Å²) < 4.78 is 1.44. The normalized spacial score (nSPS) is 11.0. The fourth-order valence-electron chi connectivity index (χ4n) is 6.81. The minimum absolute atomic E-state index is 0.0600. The van der Waals surface area contributed by atoms with E-state index in [9.17, 15) is 19.7 Å². The lowest BCUT2D eigenvalue weighted by Crippen LogP contribution is -2.32. The summed E-state index contributed by atoms with van der Waals surface area (Å²) in [7, 11) is 0. The van der Waals surface area contributed by atoms with Crippen LogP contribution in [0.3, 0.4) is 0 Å². The number of carbonyl (C=O) groups is 3. The fourth-order valence-corrected chi connectivity index (χ4v) is 6.81. The molecule has 16 heteroatoms. The molecule has 4 aromatic heterocycles. The summed E-state index contributed by atoms with van der Waals surface area (Å²) in [6.45, 7) is 28.2. The first-order chi connectivity index (χ1) is 31.6. The van der Waals surface area contributed by atoms with E-state index in [1.54, 1.807) is 6.92 Å². The number of aromatic nitrogens is 6. The Morgan fingerprint density at radius 1 is 0.909 bits per heavy atom.